The van der Waals surface area contributed by atoms with Crippen molar-refractivity contribution in [2.45, 2.75) is 0 Å². The summed E-state index contributed by atoms with van der Waals surface area (Å²) >= 11 is 6.52. The maximum absolute atomic E-state index is 12.7. The van der Waals surface area contributed by atoms with Crippen molar-refractivity contribution in [3.05, 3.63) is 108 Å². The first-order valence-electron chi connectivity index (χ1n) is 10.0. The van der Waals surface area contributed by atoms with Crippen LogP contribution in [0.25, 0.3) is 17.2 Å². The number of hydrogen-bond donors (Lipinski definition) is 1. The number of anilines is 1. The van der Waals surface area contributed by atoms with Gasteiger partial charge in [0.1, 0.15) is 10.9 Å². The molecule has 1 fully saturated rings. The third kappa shape index (κ3) is 5.41. The van der Waals surface area contributed by atoms with Crippen LogP contribution in [0, 0.1) is 0 Å². The summed E-state index contributed by atoms with van der Waals surface area (Å²) in [5, 5.41) is 2.83. The lowest BCUT2D eigenvalue weighted by Crippen LogP contribution is -2.36. The first-order valence-corrected chi connectivity index (χ1v) is 11.2. The molecule has 0 aromatic heterocycles. The molecule has 0 saturated carbocycles. The number of carbonyl (C=O) groups excluding carboxylic acids is 2. The van der Waals surface area contributed by atoms with Crippen LogP contribution >= 0.6 is 24.0 Å². The fourth-order valence-electron chi connectivity index (χ4n) is 3.18. The Morgan fingerprint density at radius 1 is 0.906 bits per heavy atom. The molecule has 1 aliphatic heterocycles. The largest absolute Gasteiger partial charge is 0.325 e. The summed E-state index contributed by atoms with van der Waals surface area (Å²) < 4.78 is 0.379. The molecule has 1 saturated heterocycles. The predicted molar refractivity (Wildman–Crippen MR) is 136 cm³/mol. The van der Waals surface area contributed by atoms with Gasteiger partial charge in [-0.25, -0.2) is 0 Å². The second-order valence-electron chi connectivity index (χ2n) is 7.05. The topological polar surface area (TPSA) is 49.4 Å². The van der Waals surface area contributed by atoms with Gasteiger partial charge in [-0.3, -0.25) is 14.5 Å². The van der Waals surface area contributed by atoms with Crippen LogP contribution in [0.5, 0.6) is 0 Å². The molecule has 0 radical (unpaired) electrons. The minimum Gasteiger partial charge on any atom is -0.325 e. The Hall–Kier alpha value is -3.48. The molecule has 6 heteroatoms. The number of rotatable bonds is 6. The van der Waals surface area contributed by atoms with Gasteiger partial charge in [-0.15, -0.1) is 0 Å². The summed E-state index contributed by atoms with van der Waals surface area (Å²) in [5.74, 6) is -0.554. The van der Waals surface area contributed by atoms with Crippen molar-refractivity contribution >= 4 is 51.9 Å². The second-order valence-corrected chi connectivity index (χ2v) is 8.73. The molecule has 4 nitrogen and oxygen atoms in total. The van der Waals surface area contributed by atoms with Gasteiger partial charge in [0, 0.05) is 5.69 Å². The Balaban J connectivity index is 1.36. The summed E-state index contributed by atoms with van der Waals surface area (Å²) in [5.41, 5.74) is 3.88. The molecule has 158 valence electrons. The number of benzene rings is 3. The molecule has 4 rings (SSSR count). The third-order valence-electron chi connectivity index (χ3n) is 4.79. The maximum atomic E-state index is 12.7. The third-order valence-corrected chi connectivity index (χ3v) is 6.18. The molecule has 0 aliphatic carbocycles. The molecule has 32 heavy (non-hydrogen) atoms. The molecule has 1 aliphatic rings. The molecule has 0 atom stereocenters. The Morgan fingerprint density at radius 2 is 1.53 bits per heavy atom. The van der Waals surface area contributed by atoms with E-state index in [9.17, 15) is 9.59 Å². The smallest absolute Gasteiger partial charge is 0.266 e. The minimum atomic E-state index is -0.296. The van der Waals surface area contributed by atoms with Crippen molar-refractivity contribution in [3.8, 4) is 11.1 Å². The number of amides is 2. The number of nitrogens with zero attached hydrogens (tertiary/aromatic N) is 1. The van der Waals surface area contributed by atoms with Gasteiger partial charge >= 0.3 is 0 Å². The average molecular weight is 457 g/mol. The summed E-state index contributed by atoms with van der Waals surface area (Å²) in [6.07, 6.45) is 5.46. The Labute approximate surface area is 196 Å². The highest BCUT2D eigenvalue weighted by molar-refractivity contribution is 8.26. The number of hydrogen-bond acceptors (Lipinski definition) is 4. The second kappa shape index (κ2) is 10.2. The first-order chi connectivity index (χ1) is 15.6. The Kier molecular flexibility index (Phi) is 6.94. The quantitative estimate of drug-likeness (QED) is 0.379. The van der Waals surface area contributed by atoms with Crippen molar-refractivity contribution in [2.24, 2.45) is 0 Å². The van der Waals surface area contributed by atoms with Gasteiger partial charge in [0.15, 0.2) is 0 Å². The molecule has 1 heterocycles. The normalized spacial score (nSPS) is 15.0. The van der Waals surface area contributed by atoms with Crippen LogP contribution in [-0.2, 0) is 9.59 Å². The number of thioether (sulfide) groups is 1. The molecule has 3 aromatic carbocycles. The van der Waals surface area contributed by atoms with E-state index in [-0.39, 0.29) is 18.4 Å². The van der Waals surface area contributed by atoms with Gasteiger partial charge in [-0.2, -0.15) is 0 Å². The van der Waals surface area contributed by atoms with Crippen molar-refractivity contribution < 1.29 is 9.59 Å². The van der Waals surface area contributed by atoms with E-state index in [2.05, 4.69) is 5.32 Å². The van der Waals surface area contributed by atoms with E-state index in [1.165, 1.54) is 16.7 Å². The zero-order valence-corrected chi connectivity index (χ0v) is 18.7. The van der Waals surface area contributed by atoms with E-state index < -0.39 is 0 Å². The maximum Gasteiger partial charge on any atom is 0.266 e. The zero-order chi connectivity index (χ0) is 22.3. The van der Waals surface area contributed by atoms with Crippen LogP contribution in [0.1, 0.15) is 5.56 Å². The average Bonchev–Trinajstić information content (AvgIpc) is 3.08. The van der Waals surface area contributed by atoms with E-state index in [1.54, 1.807) is 6.08 Å². The summed E-state index contributed by atoms with van der Waals surface area (Å²) in [4.78, 5) is 27.0. The van der Waals surface area contributed by atoms with Crippen LogP contribution in [0.2, 0.25) is 0 Å². The van der Waals surface area contributed by atoms with Gasteiger partial charge in [0.25, 0.3) is 5.91 Å². The number of carbonyl (C=O) groups is 2. The van der Waals surface area contributed by atoms with Crippen molar-refractivity contribution in [1.29, 1.82) is 0 Å². The van der Waals surface area contributed by atoms with Gasteiger partial charge in [-0.05, 0) is 34.9 Å². The Morgan fingerprint density at radius 3 is 2.22 bits per heavy atom. The number of allylic oxidation sites excluding steroid dienone is 2. The van der Waals surface area contributed by atoms with E-state index in [0.717, 1.165) is 16.7 Å². The molecule has 0 unspecified atom stereocenters. The Bertz CT molecular complexity index is 1190. The highest BCUT2D eigenvalue weighted by Gasteiger charge is 2.33. The lowest BCUT2D eigenvalue weighted by molar-refractivity contribution is -0.126. The SMILES string of the molecule is O=C(CN1C(=O)/C(=C/C=C/c2ccccc2)SC1=S)Nc1ccc(-c2ccccc2)cc1. The standard InChI is InChI=1S/C26H20N2O2S2/c29-24(27-22-16-14-21(15-17-22)20-11-5-2-6-12-20)18-28-25(30)23(32-26(28)31)13-7-10-19-8-3-1-4-9-19/h1-17H,18H2,(H,27,29)/b10-7+,23-13-. The van der Waals surface area contributed by atoms with E-state index >= 15 is 0 Å². The fourth-order valence-corrected chi connectivity index (χ4v) is 4.39. The zero-order valence-electron chi connectivity index (χ0n) is 17.1. The van der Waals surface area contributed by atoms with Gasteiger partial charge in [-0.1, -0.05) is 109 Å². The van der Waals surface area contributed by atoms with Crippen molar-refractivity contribution in [2.75, 3.05) is 11.9 Å². The van der Waals surface area contributed by atoms with Crippen LogP contribution < -0.4 is 5.32 Å². The van der Waals surface area contributed by atoms with E-state index in [1.807, 2.05) is 97.1 Å². The van der Waals surface area contributed by atoms with Gasteiger partial charge < -0.3 is 5.32 Å². The highest BCUT2D eigenvalue weighted by atomic mass is 32.2. The summed E-state index contributed by atoms with van der Waals surface area (Å²) in [7, 11) is 0. The van der Waals surface area contributed by atoms with Crippen LogP contribution in [0.15, 0.2) is 102 Å². The lowest BCUT2D eigenvalue weighted by atomic mass is 10.1. The first kappa shape index (κ1) is 21.7. The minimum absolute atomic E-state index is 0.120. The van der Waals surface area contributed by atoms with E-state index in [4.69, 9.17) is 12.2 Å². The van der Waals surface area contributed by atoms with Crippen molar-refractivity contribution in [1.82, 2.24) is 4.90 Å². The van der Waals surface area contributed by atoms with Gasteiger partial charge in [0.2, 0.25) is 5.91 Å². The van der Waals surface area contributed by atoms with Crippen molar-refractivity contribution in [3.63, 3.8) is 0 Å². The van der Waals surface area contributed by atoms with Crippen LogP contribution in [0.3, 0.4) is 0 Å². The van der Waals surface area contributed by atoms with E-state index in [0.29, 0.717) is 14.9 Å². The van der Waals surface area contributed by atoms with Crippen LogP contribution in [0.4, 0.5) is 5.69 Å². The molecular formula is C26H20N2O2S2. The van der Waals surface area contributed by atoms with Gasteiger partial charge in [0.05, 0.1) is 4.91 Å². The molecule has 0 bridgehead atoms. The number of nitrogens with one attached hydrogen (secondary N) is 1. The number of thiocarbonyl (C=S) groups is 1. The summed E-state index contributed by atoms with van der Waals surface area (Å²) in [6, 6.07) is 27.4. The fraction of sp³-hybridized carbons (Fsp3) is 0.0385. The molecular weight excluding hydrogens is 436 g/mol. The molecule has 2 amide bonds. The lowest BCUT2D eigenvalue weighted by Gasteiger charge is -2.14. The molecule has 3 aromatic rings. The monoisotopic (exact) mass is 456 g/mol. The highest BCUT2D eigenvalue weighted by Crippen LogP contribution is 2.31. The summed E-state index contributed by atoms with van der Waals surface area (Å²) in [6.45, 7) is -0.120. The molecule has 0 spiro atoms. The predicted octanol–water partition coefficient (Wildman–Crippen LogP) is 5.75. The van der Waals surface area contributed by atoms with Crippen LogP contribution in [-0.4, -0.2) is 27.6 Å². The molecule has 1 N–H and O–H groups in total.